The summed E-state index contributed by atoms with van der Waals surface area (Å²) in [5.74, 6) is -0.530. The van der Waals surface area contributed by atoms with Crippen LogP contribution in [0.2, 0.25) is 0 Å². The first-order chi connectivity index (χ1) is 10.1. The normalized spacial score (nSPS) is 17.2. The quantitative estimate of drug-likeness (QED) is 0.875. The number of carbonyl (C=O) groups is 2. The van der Waals surface area contributed by atoms with E-state index in [0.717, 1.165) is 0 Å². The van der Waals surface area contributed by atoms with Crippen molar-refractivity contribution in [2.75, 3.05) is 0 Å². The Hall–Kier alpha value is -1.84. The molecule has 1 aliphatic rings. The Morgan fingerprint density at radius 1 is 1.24 bits per heavy atom. The molecule has 1 saturated carbocycles. The molecule has 1 atom stereocenters. The fourth-order valence-electron chi connectivity index (χ4n) is 3.11. The standard InChI is InChI=1S/C17H23NO3/c1-12(13-7-3-2-4-8-13)18-16(19)11-14-9-5-6-10-15(14)17(20)21/h5-6,9-10,12-13H,2-4,7-8,11H2,1H3,(H,18,19)(H,20,21)/t12-/m1/s1. The molecule has 4 nitrogen and oxygen atoms in total. The van der Waals surface area contributed by atoms with Gasteiger partial charge in [-0.3, -0.25) is 4.79 Å². The Kier molecular flexibility index (Phi) is 5.37. The average molecular weight is 289 g/mol. The minimum absolute atomic E-state index is 0.0956. The van der Waals surface area contributed by atoms with Crippen LogP contribution in [-0.2, 0) is 11.2 Å². The van der Waals surface area contributed by atoms with E-state index in [1.54, 1.807) is 18.2 Å². The number of carbonyl (C=O) groups excluding carboxylic acids is 1. The maximum atomic E-state index is 12.1. The number of nitrogens with one attached hydrogen (secondary N) is 1. The van der Waals surface area contributed by atoms with Gasteiger partial charge < -0.3 is 10.4 Å². The van der Waals surface area contributed by atoms with Gasteiger partial charge in [-0.25, -0.2) is 4.79 Å². The van der Waals surface area contributed by atoms with Gasteiger partial charge in [-0.15, -0.1) is 0 Å². The van der Waals surface area contributed by atoms with Crippen molar-refractivity contribution in [3.63, 3.8) is 0 Å². The van der Waals surface area contributed by atoms with Gasteiger partial charge in [0.05, 0.1) is 12.0 Å². The predicted molar refractivity (Wildman–Crippen MR) is 81.3 cm³/mol. The third-order valence-electron chi connectivity index (χ3n) is 4.34. The van der Waals surface area contributed by atoms with Crippen molar-refractivity contribution >= 4 is 11.9 Å². The van der Waals surface area contributed by atoms with Crippen LogP contribution in [0.25, 0.3) is 0 Å². The van der Waals surface area contributed by atoms with Crippen LogP contribution >= 0.6 is 0 Å². The zero-order chi connectivity index (χ0) is 15.2. The fourth-order valence-corrected chi connectivity index (χ4v) is 3.11. The second-order valence-corrected chi connectivity index (χ2v) is 5.89. The highest BCUT2D eigenvalue weighted by atomic mass is 16.4. The average Bonchev–Trinajstić information content (AvgIpc) is 2.48. The van der Waals surface area contributed by atoms with Gasteiger partial charge in [0.2, 0.25) is 5.91 Å². The van der Waals surface area contributed by atoms with Crippen LogP contribution in [0.3, 0.4) is 0 Å². The van der Waals surface area contributed by atoms with Crippen molar-refractivity contribution in [2.24, 2.45) is 5.92 Å². The number of amides is 1. The molecule has 0 aliphatic heterocycles. The molecule has 0 saturated heterocycles. The van der Waals surface area contributed by atoms with Crippen molar-refractivity contribution in [1.82, 2.24) is 5.32 Å². The van der Waals surface area contributed by atoms with Gasteiger partial charge in [0.25, 0.3) is 0 Å². The summed E-state index contributed by atoms with van der Waals surface area (Å²) in [6.45, 7) is 2.05. The molecular formula is C17H23NO3. The lowest BCUT2D eigenvalue weighted by atomic mass is 9.84. The lowest BCUT2D eigenvalue weighted by Crippen LogP contribution is -2.39. The van der Waals surface area contributed by atoms with Crippen LogP contribution < -0.4 is 5.32 Å². The third kappa shape index (κ3) is 4.31. The van der Waals surface area contributed by atoms with E-state index in [0.29, 0.717) is 11.5 Å². The van der Waals surface area contributed by atoms with E-state index in [1.807, 2.05) is 0 Å². The van der Waals surface area contributed by atoms with Crippen LogP contribution in [0, 0.1) is 5.92 Å². The Bertz CT molecular complexity index is 507. The first kappa shape index (κ1) is 15.5. The molecule has 0 aromatic heterocycles. The highest BCUT2D eigenvalue weighted by Crippen LogP contribution is 2.26. The molecule has 21 heavy (non-hydrogen) atoms. The van der Waals surface area contributed by atoms with Gasteiger partial charge >= 0.3 is 5.97 Å². The maximum Gasteiger partial charge on any atom is 0.335 e. The van der Waals surface area contributed by atoms with Crippen molar-refractivity contribution in [3.05, 3.63) is 35.4 Å². The van der Waals surface area contributed by atoms with Crippen molar-refractivity contribution < 1.29 is 14.7 Å². The van der Waals surface area contributed by atoms with E-state index in [-0.39, 0.29) is 23.9 Å². The number of benzene rings is 1. The Morgan fingerprint density at radius 2 is 1.90 bits per heavy atom. The molecule has 0 radical (unpaired) electrons. The summed E-state index contributed by atoms with van der Waals surface area (Å²) in [7, 11) is 0. The molecule has 1 aliphatic carbocycles. The van der Waals surface area contributed by atoms with Gasteiger partial charge in [0.15, 0.2) is 0 Å². The molecule has 114 valence electrons. The zero-order valence-corrected chi connectivity index (χ0v) is 12.5. The summed E-state index contributed by atoms with van der Waals surface area (Å²) in [6.07, 6.45) is 6.25. The van der Waals surface area contributed by atoms with Crippen molar-refractivity contribution in [2.45, 2.75) is 51.5 Å². The number of carboxylic acids is 1. The molecule has 0 heterocycles. The largest absolute Gasteiger partial charge is 0.478 e. The molecule has 0 unspecified atom stereocenters. The maximum absolute atomic E-state index is 12.1. The van der Waals surface area contributed by atoms with E-state index in [2.05, 4.69) is 12.2 Å². The van der Waals surface area contributed by atoms with Crippen LogP contribution in [-0.4, -0.2) is 23.0 Å². The van der Waals surface area contributed by atoms with E-state index in [1.165, 1.54) is 38.2 Å². The van der Waals surface area contributed by atoms with Crippen LogP contribution in [0.5, 0.6) is 0 Å². The molecule has 2 rings (SSSR count). The fraction of sp³-hybridized carbons (Fsp3) is 0.529. The number of aromatic carboxylic acids is 1. The second kappa shape index (κ2) is 7.25. The minimum atomic E-state index is -0.987. The highest BCUT2D eigenvalue weighted by Gasteiger charge is 2.22. The van der Waals surface area contributed by atoms with E-state index >= 15 is 0 Å². The Balaban J connectivity index is 1.94. The second-order valence-electron chi connectivity index (χ2n) is 5.89. The SMILES string of the molecule is C[C@@H](NC(=O)Cc1ccccc1C(=O)O)C1CCCCC1. The summed E-state index contributed by atoms with van der Waals surface area (Å²) in [4.78, 5) is 23.3. The molecule has 0 spiro atoms. The number of rotatable bonds is 5. The summed E-state index contributed by atoms with van der Waals surface area (Å²) >= 11 is 0. The van der Waals surface area contributed by atoms with Crippen molar-refractivity contribution in [3.8, 4) is 0 Å². The molecule has 1 amide bonds. The van der Waals surface area contributed by atoms with E-state index in [4.69, 9.17) is 5.11 Å². The number of carboxylic acid groups (broad SMARTS) is 1. The van der Waals surface area contributed by atoms with E-state index < -0.39 is 5.97 Å². The summed E-state index contributed by atoms with van der Waals surface area (Å²) in [6, 6.07) is 6.84. The van der Waals surface area contributed by atoms with Crippen LogP contribution in [0.1, 0.15) is 54.9 Å². The minimum Gasteiger partial charge on any atom is -0.478 e. The summed E-state index contributed by atoms with van der Waals surface area (Å²) in [5.41, 5.74) is 0.774. The molecule has 1 aromatic carbocycles. The number of hydrogen-bond acceptors (Lipinski definition) is 2. The monoisotopic (exact) mass is 289 g/mol. The molecule has 0 bridgehead atoms. The predicted octanol–water partition coefficient (Wildman–Crippen LogP) is 3.01. The molecular weight excluding hydrogens is 266 g/mol. The Morgan fingerprint density at radius 3 is 2.57 bits per heavy atom. The molecule has 1 fully saturated rings. The Labute approximate surface area is 125 Å². The lowest BCUT2D eigenvalue weighted by Gasteiger charge is -2.28. The summed E-state index contributed by atoms with van der Waals surface area (Å²) in [5, 5.41) is 12.2. The molecule has 1 aromatic rings. The first-order valence-electron chi connectivity index (χ1n) is 7.68. The highest BCUT2D eigenvalue weighted by molar-refractivity contribution is 5.91. The van der Waals surface area contributed by atoms with Crippen molar-refractivity contribution in [1.29, 1.82) is 0 Å². The first-order valence-corrected chi connectivity index (χ1v) is 7.68. The topological polar surface area (TPSA) is 66.4 Å². The van der Waals surface area contributed by atoms with E-state index in [9.17, 15) is 9.59 Å². The van der Waals surface area contributed by atoms with Gasteiger partial charge in [-0.05, 0) is 37.3 Å². The smallest absolute Gasteiger partial charge is 0.335 e. The van der Waals surface area contributed by atoms with Gasteiger partial charge in [-0.2, -0.15) is 0 Å². The summed E-state index contributed by atoms with van der Waals surface area (Å²) < 4.78 is 0. The molecule has 4 heteroatoms. The van der Waals surface area contributed by atoms with Crippen LogP contribution in [0.15, 0.2) is 24.3 Å². The van der Waals surface area contributed by atoms with Gasteiger partial charge in [0.1, 0.15) is 0 Å². The lowest BCUT2D eigenvalue weighted by molar-refractivity contribution is -0.121. The van der Waals surface area contributed by atoms with Gasteiger partial charge in [-0.1, -0.05) is 37.5 Å². The number of hydrogen-bond donors (Lipinski definition) is 2. The third-order valence-corrected chi connectivity index (χ3v) is 4.34. The molecule has 2 N–H and O–H groups in total. The zero-order valence-electron chi connectivity index (χ0n) is 12.5. The van der Waals surface area contributed by atoms with Gasteiger partial charge in [0, 0.05) is 6.04 Å². The van der Waals surface area contributed by atoms with Crippen LogP contribution in [0.4, 0.5) is 0 Å².